The summed E-state index contributed by atoms with van der Waals surface area (Å²) in [4.78, 5) is 0. The molecule has 0 radical (unpaired) electrons. The molecule has 10 aromatic rings. The average Bonchev–Trinajstić information content (AvgIpc) is 3.75. The summed E-state index contributed by atoms with van der Waals surface area (Å²) in [7, 11) is 2.15. The second-order valence-electron chi connectivity index (χ2n) is 12.4. The van der Waals surface area contributed by atoms with Gasteiger partial charge >= 0.3 is 0 Å². The number of para-hydroxylation sites is 2. The van der Waals surface area contributed by atoms with Gasteiger partial charge in [0.05, 0.1) is 33.1 Å². The zero-order chi connectivity index (χ0) is 31.2. The Morgan fingerprint density at radius 2 is 1.06 bits per heavy atom. The molecule has 7 aromatic carbocycles. The van der Waals surface area contributed by atoms with Gasteiger partial charge in [0.1, 0.15) is 24.8 Å². The molecule has 3 heterocycles. The number of hydrogen-bond donors (Lipinski definition) is 1. The van der Waals surface area contributed by atoms with E-state index in [1.807, 2.05) is 30.3 Å². The molecule has 0 fully saturated rings. The highest BCUT2D eigenvalue weighted by Gasteiger charge is 2.19. The Labute approximate surface area is 270 Å². The van der Waals surface area contributed by atoms with Gasteiger partial charge in [-0.2, -0.15) is 0 Å². The molecule has 0 spiro atoms. The lowest BCUT2D eigenvalue weighted by Crippen LogP contribution is -2.00. The van der Waals surface area contributed by atoms with Crippen molar-refractivity contribution in [2.24, 2.45) is 0 Å². The molecule has 0 aliphatic carbocycles. The van der Waals surface area contributed by atoms with Crippen LogP contribution in [0.2, 0.25) is 0 Å². The summed E-state index contributed by atoms with van der Waals surface area (Å²) in [5, 5.41) is 17.4. The second-order valence-corrected chi connectivity index (χ2v) is 12.4. The van der Waals surface area contributed by atoms with Crippen molar-refractivity contribution in [1.29, 1.82) is 0 Å². The molecule has 47 heavy (non-hydrogen) atoms. The quantitative estimate of drug-likeness (QED) is 0.205. The van der Waals surface area contributed by atoms with E-state index in [2.05, 4.69) is 126 Å². The number of phenolic OH excluding ortho intramolecular Hbond substituents is 1. The van der Waals surface area contributed by atoms with Gasteiger partial charge in [0.2, 0.25) is 0 Å². The van der Waals surface area contributed by atoms with E-state index in [0.29, 0.717) is 0 Å². The molecule has 0 saturated heterocycles. The smallest absolute Gasteiger partial charge is 0.139 e. The summed E-state index contributed by atoms with van der Waals surface area (Å²) in [6.07, 6.45) is 0. The Hall–Kier alpha value is -6.20. The Kier molecular flexibility index (Phi) is 5.35. The average molecular weight is 603 g/mol. The van der Waals surface area contributed by atoms with Gasteiger partial charge in [-0.3, -0.25) is 0 Å². The molecule has 4 nitrogen and oxygen atoms in total. The minimum atomic E-state index is 0.249. The third kappa shape index (κ3) is 3.77. The van der Waals surface area contributed by atoms with Crippen molar-refractivity contribution in [3.05, 3.63) is 146 Å². The maximum Gasteiger partial charge on any atom is 0.139 e. The van der Waals surface area contributed by atoms with E-state index in [0.717, 1.165) is 66.2 Å². The monoisotopic (exact) mass is 602 g/mol. The molecule has 0 atom stereocenters. The van der Waals surface area contributed by atoms with Crippen molar-refractivity contribution in [1.82, 2.24) is 9.13 Å². The zero-order valence-corrected chi connectivity index (χ0v) is 25.6. The lowest BCUT2D eigenvalue weighted by Gasteiger charge is -2.10. The van der Waals surface area contributed by atoms with Crippen LogP contribution in [0.3, 0.4) is 0 Å². The van der Waals surface area contributed by atoms with Gasteiger partial charge in [-0.05, 0) is 90.0 Å². The molecule has 5 heteroatoms. The minimum Gasteiger partial charge on any atom is -0.508 e. The first-order valence-corrected chi connectivity index (χ1v) is 15.9. The summed E-state index contributed by atoms with van der Waals surface area (Å²) in [6.45, 7) is 0. The van der Waals surface area contributed by atoms with Crippen molar-refractivity contribution in [3.63, 3.8) is 0 Å². The van der Waals surface area contributed by atoms with Crippen LogP contribution < -0.4 is 5.46 Å². The SMILES string of the molecule is Bc1ccc2c(c1)c1cc(-c3ccc4c(c3)c3cc(O)ccc3n4-c3cccc4oc5ccccc5c34)ccc1n2-c1ccccc1. The zero-order valence-electron chi connectivity index (χ0n) is 25.6. The number of phenols is 1. The number of aromatic hydroxyl groups is 1. The third-order valence-corrected chi connectivity index (χ3v) is 9.64. The highest BCUT2D eigenvalue weighted by Crippen LogP contribution is 2.41. The van der Waals surface area contributed by atoms with Crippen LogP contribution in [-0.2, 0) is 0 Å². The lowest BCUT2D eigenvalue weighted by atomic mass is 9.94. The molecule has 0 saturated carbocycles. The van der Waals surface area contributed by atoms with Crippen LogP contribution in [0.4, 0.5) is 0 Å². The van der Waals surface area contributed by atoms with Gasteiger partial charge in [-0.1, -0.05) is 72.2 Å². The highest BCUT2D eigenvalue weighted by molar-refractivity contribution is 6.34. The summed E-state index contributed by atoms with van der Waals surface area (Å²) in [5.74, 6) is 0.249. The molecule has 0 aliphatic heterocycles. The maximum absolute atomic E-state index is 10.6. The molecule has 0 aliphatic rings. The second kappa shape index (κ2) is 9.65. The molecule has 0 bridgehead atoms. The number of benzene rings is 7. The fourth-order valence-electron chi connectivity index (χ4n) is 7.56. The predicted octanol–water partition coefficient (Wildman–Crippen LogP) is 9.41. The number of aromatic nitrogens is 2. The molecule has 1 N–H and O–H groups in total. The predicted molar refractivity (Wildman–Crippen MR) is 198 cm³/mol. The van der Waals surface area contributed by atoms with Crippen molar-refractivity contribution < 1.29 is 9.52 Å². The van der Waals surface area contributed by atoms with Crippen LogP contribution in [0.25, 0.3) is 88.1 Å². The first-order valence-electron chi connectivity index (χ1n) is 15.9. The molecular weight excluding hydrogens is 575 g/mol. The van der Waals surface area contributed by atoms with Gasteiger partial charge in [0.15, 0.2) is 0 Å². The van der Waals surface area contributed by atoms with Crippen molar-refractivity contribution >= 4 is 78.9 Å². The van der Waals surface area contributed by atoms with E-state index in [9.17, 15) is 5.11 Å². The first-order chi connectivity index (χ1) is 23.1. The largest absolute Gasteiger partial charge is 0.508 e. The Balaban J connectivity index is 1.22. The molecule has 0 unspecified atom stereocenters. The fraction of sp³-hybridized carbons (Fsp3) is 0. The lowest BCUT2D eigenvalue weighted by molar-refractivity contribution is 0.476. The molecular formula is C42H27BN2O2. The maximum atomic E-state index is 10.6. The highest BCUT2D eigenvalue weighted by atomic mass is 16.3. The first kappa shape index (κ1) is 26.1. The van der Waals surface area contributed by atoms with Gasteiger partial charge in [0.25, 0.3) is 0 Å². The van der Waals surface area contributed by atoms with Crippen molar-refractivity contribution in [2.75, 3.05) is 0 Å². The molecule has 10 rings (SSSR count). The van der Waals surface area contributed by atoms with E-state index in [4.69, 9.17) is 4.42 Å². The van der Waals surface area contributed by atoms with Gasteiger partial charge in [-0.25, -0.2) is 0 Å². The number of fused-ring (bicyclic) bond motifs is 9. The van der Waals surface area contributed by atoms with Gasteiger partial charge in [0, 0.05) is 32.6 Å². The number of nitrogens with zero attached hydrogens (tertiary/aromatic N) is 2. The van der Waals surface area contributed by atoms with E-state index in [1.165, 1.54) is 27.3 Å². The van der Waals surface area contributed by atoms with E-state index < -0.39 is 0 Å². The summed E-state index contributed by atoms with van der Waals surface area (Å²) < 4.78 is 10.9. The van der Waals surface area contributed by atoms with Crippen LogP contribution in [0.15, 0.2) is 150 Å². The number of hydrogen-bond acceptors (Lipinski definition) is 2. The molecule has 0 amide bonds. The van der Waals surface area contributed by atoms with Gasteiger partial charge in [-0.15, -0.1) is 0 Å². The fourth-order valence-corrected chi connectivity index (χ4v) is 7.56. The van der Waals surface area contributed by atoms with Gasteiger partial charge < -0.3 is 18.7 Å². The number of rotatable bonds is 3. The normalized spacial score (nSPS) is 12.0. The Morgan fingerprint density at radius 1 is 0.468 bits per heavy atom. The standard InChI is InChI=1S/C42H27BN2O2/c43-27-15-19-36-33(23-27)31-21-25(13-17-35(31)44(36)28-7-2-1-3-8-28)26-14-18-37-32(22-26)34-24-29(46)16-20-38(34)45(37)39-10-6-12-41-42(39)30-9-4-5-11-40(30)47-41/h1-24,46H,43H2. The van der Waals surface area contributed by atoms with Crippen LogP contribution in [-0.4, -0.2) is 22.1 Å². The molecule has 220 valence electrons. The van der Waals surface area contributed by atoms with Crippen LogP contribution in [0, 0.1) is 0 Å². The topological polar surface area (TPSA) is 43.2 Å². The van der Waals surface area contributed by atoms with Crippen LogP contribution >= 0.6 is 0 Å². The van der Waals surface area contributed by atoms with E-state index >= 15 is 0 Å². The Morgan fingerprint density at radius 3 is 1.83 bits per heavy atom. The summed E-state index contributed by atoms with van der Waals surface area (Å²) >= 11 is 0. The Bertz CT molecular complexity index is 2880. The van der Waals surface area contributed by atoms with Crippen LogP contribution in [0.1, 0.15) is 0 Å². The van der Waals surface area contributed by atoms with Crippen LogP contribution in [0.5, 0.6) is 5.75 Å². The number of furan rings is 1. The molecule has 3 aromatic heterocycles. The third-order valence-electron chi connectivity index (χ3n) is 9.64. The summed E-state index contributed by atoms with van der Waals surface area (Å²) in [6, 6.07) is 50.9. The van der Waals surface area contributed by atoms with Crippen molar-refractivity contribution in [2.45, 2.75) is 0 Å². The summed E-state index contributed by atoms with van der Waals surface area (Å²) in [5.41, 5.74) is 11.9. The van der Waals surface area contributed by atoms with E-state index in [-0.39, 0.29) is 5.75 Å². The van der Waals surface area contributed by atoms with E-state index in [1.54, 1.807) is 6.07 Å². The van der Waals surface area contributed by atoms with Crippen molar-refractivity contribution in [3.8, 4) is 28.3 Å². The minimum absolute atomic E-state index is 0.249.